The molecular weight excluding hydrogens is 335 g/mol. The normalized spacial score (nSPS) is 16.1. The summed E-state index contributed by atoms with van der Waals surface area (Å²) in [5.41, 5.74) is 0.418. The molecule has 1 aromatic carbocycles. The average molecular weight is 351 g/mol. The van der Waals surface area contributed by atoms with Crippen LogP contribution in [0.3, 0.4) is 0 Å². The molecule has 0 radical (unpaired) electrons. The van der Waals surface area contributed by atoms with Gasteiger partial charge in [-0.25, -0.2) is 13.2 Å². The van der Waals surface area contributed by atoms with Crippen LogP contribution in [0.2, 0.25) is 5.02 Å². The third kappa shape index (κ3) is 4.11. The molecule has 0 aliphatic heterocycles. The Kier molecular flexibility index (Phi) is 5.17. The van der Waals surface area contributed by atoms with Crippen LogP contribution < -0.4 is 0 Å². The minimum atomic E-state index is -3.96. The SMILES string of the molecule is Cc1c(Cl)cc(C(=O)OCC2CCCC2)cc1S(=O)(=O)Cl. The molecule has 7 heteroatoms. The highest BCUT2D eigenvalue weighted by atomic mass is 35.7. The van der Waals surface area contributed by atoms with Crippen molar-refractivity contribution < 1.29 is 17.9 Å². The highest BCUT2D eigenvalue weighted by Crippen LogP contribution is 2.29. The second-order valence-corrected chi connectivity index (χ2v) is 8.21. The maximum atomic E-state index is 12.0. The lowest BCUT2D eigenvalue weighted by molar-refractivity contribution is 0.0442. The van der Waals surface area contributed by atoms with Gasteiger partial charge in [0.2, 0.25) is 0 Å². The van der Waals surface area contributed by atoms with Crippen molar-refractivity contribution >= 4 is 37.3 Å². The van der Waals surface area contributed by atoms with Crippen molar-refractivity contribution in [1.82, 2.24) is 0 Å². The van der Waals surface area contributed by atoms with E-state index in [4.69, 9.17) is 27.0 Å². The molecule has 1 aliphatic carbocycles. The lowest BCUT2D eigenvalue weighted by Crippen LogP contribution is -2.13. The summed E-state index contributed by atoms with van der Waals surface area (Å²) in [4.78, 5) is 11.9. The van der Waals surface area contributed by atoms with Gasteiger partial charge in [0.15, 0.2) is 0 Å². The number of esters is 1. The summed E-state index contributed by atoms with van der Waals surface area (Å²) in [7, 11) is 1.39. The predicted molar refractivity (Wildman–Crippen MR) is 81.5 cm³/mol. The summed E-state index contributed by atoms with van der Waals surface area (Å²) in [5.74, 6) is -0.184. The van der Waals surface area contributed by atoms with Crippen LogP contribution in [-0.4, -0.2) is 21.0 Å². The van der Waals surface area contributed by atoms with E-state index < -0.39 is 15.0 Å². The topological polar surface area (TPSA) is 60.4 Å². The van der Waals surface area contributed by atoms with Crippen LogP contribution >= 0.6 is 22.3 Å². The van der Waals surface area contributed by atoms with E-state index in [-0.39, 0.29) is 15.5 Å². The molecule has 4 nitrogen and oxygen atoms in total. The second-order valence-electron chi connectivity index (χ2n) is 5.27. The molecule has 0 atom stereocenters. The molecule has 1 aliphatic rings. The highest BCUT2D eigenvalue weighted by molar-refractivity contribution is 8.13. The molecule has 0 N–H and O–H groups in total. The third-order valence-corrected chi connectivity index (χ3v) is 5.56. The zero-order chi connectivity index (χ0) is 15.6. The van der Waals surface area contributed by atoms with Gasteiger partial charge in [-0.2, -0.15) is 0 Å². The Morgan fingerprint density at radius 2 is 1.95 bits per heavy atom. The van der Waals surface area contributed by atoms with Gasteiger partial charge in [0.1, 0.15) is 0 Å². The fraction of sp³-hybridized carbons (Fsp3) is 0.500. The monoisotopic (exact) mass is 350 g/mol. The summed E-state index contributed by atoms with van der Waals surface area (Å²) >= 11 is 5.97. The van der Waals surface area contributed by atoms with E-state index in [0.29, 0.717) is 18.1 Å². The summed E-state index contributed by atoms with van der Waals surface area (Å²) in [6.45, 7) is 1.89. The van der Waals surface area contributed by atoms with E-state index in [2.05, 4.69) is 0 Å². The number of hydrogen-bond donors (Lipinski definition) is 0. The second kappa shape index (κ2) is 6.55. The van der Waals surface area contributed by atoms with E-state index in [1.165, 1.54) is 19.1 Å². The molecule has 2 rings (SSSR count). The Morgan fingerprint density at radius 1 is 1.33 bits per heavy atom. The summed E-state index contributed by atoms with van der Waals surface area (Å²) in [5, 5.41) is 0.171. The molecule has 0 bridgehead atoms. The number of hydrogen-bond acceptors (Lipinski definition) is 4. The number of rotatable bonds is 4. The first-order chi connectivity index (χ1) is 9.79. The van der Waals surface area contributed by atoms with Gasteiger partial charge in [0.05, 0.1) is 17.1 Å². The van der Waals surface area contributed by atoms with Crippen LogP contribution in [0.4, 0.5) is 0 Å². The standard InChI is InChI=1S/C14H16Cl2O4S/c1-9-12(15)6-11(7-13(9)21(16,18)19)14(17)20-8-10-4-2-3-5-10/h6-7,10H,2-5,8H2,1H3. The fourth-order valence-corrected chi connectivity index (χ4v) is 3.98. The molecule has 1 saturated carbocycles. The first kappa shape index (κ1) is 16.6. The Labute approximate surface area is 133 Å². The van der Waals surface area contributed by atoms with E-state index in [9.17, 15) is 13.2 Å². The quantitative estimate of drug-likeness (QED) is 0.609. The van der Waals surface area contributed by atoms with Gasteiger partial charge in [0.25, 0.3) is 9.05 Å². The van der Waals surface area contributed by atoms with E-state index in [1.807, 2.05) is 0 Å². The molecule has 1 aromatic rings. The highest BCUT2D eigenvalue weighted by Gasteiger charge is 2.21. The molecule has 0 heterocycles. The Bertz CT molecular complexity index is 649. The molecule has 0 spiro atoms. The van der Waals surface area contributed by atoms with Gasteiger partial charge in [-0.05, 0) is 43.4 Å². The molecule has 0 saturated heterocycles. The van der Waals surface area contributed by atoms with Crippen molar-refractivity contribution in [2.75, 3.05) is 6.61 Å². The minimum absolute atomic E-state index is 0.0998. The fourth-order valence-electron chi connectivity index (χ4n) is 2.48. The number of carbonyl (C=O) groups is 1. The van der Waals surface area contributed by atoms with Crippen LogP contribution in [-0.2, 0) is 13.8 Å². The summed E-state index contributed by atoms with van der Waals surface area (Å²) in [6.07, 6.45) is 4.44. The molecule has 0 unspecified atom stereocenters. The lowest BCUT2D eigenvalue weighted by Gasteiger charge is -2.12. The average Bonchev–Trinajstić information content (AvgIpc) is 2.90. The lowest BCUT2D eigenvalue weighted by atomic mass is 10.1. The number of carbonyl (C=O) groups excluding carboxylic acids is 1. The van der Waals surface area contributed by atoms with Crippen LogP contribution in [0.1, 0.15) is 41.6 Å². The Hall–Kier alpha value is -0.780. The van der Waals surface area contributed by atoms with E-state index in [1.54, 1.807) is 0 Å². The number of ether oxygens (including phenoxy) is 1. The van der Waals surface area contributed by atoms with Gasteiger partial charge < -0.3 is 4.74 Å². The van der Waals surface area contributed by atoms with Gasteiger partial charge in [-0.3, -0.25) is 0 Å². The number of benzene rings is 1. The van der Waals surface area contributed by atoms with Crippen molar-refractivity contribution in [2.24, 2.45) is 5.92 Å². The van der Waals surface area contributed by atoms with Crippen molar-refractivity contribution in [3.63, 3.8) is 0 Å². The Morgan fingerprint density at radius 3 is 2.52 bits per heavy atom. The van der Waals surface area contributed by atoms with Crippen molar-refractivity contribution in [3.05, 3.63) is 28.3 Å². The van der Waals surface area contributed by atoms with E-state index >= 15 is 0 Å². The van der Waals surface area contributed by atoms with Crippen LogP contribution in [0, 0.1) is 12.8 Å². The largest absolute Gasteiger partial charge is 0.462 e. The zero-order valence-electron chi connectivity index (χ0n) is 11.6. The molecular formula is C14H16Cl2O4S. The Balaban J connectivity index is 2.19. The molecule has 0 aromatic heterocycles. The van der Waals surface area contributed by atoms with Crippen molar-refractivity contribution in [1.29, 1.82) is 0 Å². The predicted octanol–water partition coefficient (Wildman–Crippen LogP) is 3.92. The molecule has 116 valence electrons. The van der Waals surface area contributed by atoms with Gasteiger partial charge in [-0.15, -0.1) is 0 Å². The zero-order valence-corrected chi connectivity index (χ0v) is 13.9. The molecule has 1 fully saturated rings. The maximum absolute atomic E-state index is 12.0. The van der Waals surface area contributed by atoms with Crippen LogP contribution in [0.5, 0.6) is 0 Å². The summed E-state index contributed by atoms with van der Waals surface area (Å²) in [6, 6.07) is 2.61. The first-order valence-corrected chi connectivity index (χ1v) is 9.39. The van der Waals surface area contributed by atoms with Gasteiger partial charge >= 0.3 is 5.97 Å². The van der Waals surface area contributed by atoms with Gasteiger partial charge in [0, 0.05) is 15.7 Å². The maximum Gasteiger partial charge on any atom is 0.338 e. The van der Waals surface area contributed by atoms with Crippen LogP contribution in [0.25, 0.3) is 0 Å². The first-order valence-electron chi connectivity index (χ1n) is 6.71. The number of halogens is 2. The molecule has 21 heavy (non-hydrogen) atoms. The van der Waals surface area contributed by atoms with Gasteiger partial charge in [-0.1, -0.05) is 24.4 Å². The summed E-state index contributed by atoms with van der Waals surface area (Å²) < 4.78 is 28.2. The smallest absolute Gasteiger partial charge is 0.338 e. The van der Waals surface area contributed by atoms with Crippen molar-refractivity contribution in [2.45, 2.75) is 37.5 Å². The molecule has 0 amide bonds. The minimum Gasteiger partial charge on any atom is -0.462 e. The third-order valence-electron chi connectivity index (χ3n) is 3.72. The van der Waals surface area contributed by atoms with Crippen LogP contribution in [0.15, 0.2) is 17.0 Å². The van der Waals surface area contributed by atoms with E-state index in [0.717, 1.165) is 25.7 Å². The van der Waals surface area contributed by atoms with Crippen molar-refractivity contribution in [3.8, 4) is 0 Å².